The Bertz CT molecular complexity index is 949. The van der Waals surface area contributed by atoms with Crippen LogP contribution in [0.1, 0.15) is 16.1 Å². The van der Waals surface area contributed by atoms with Crippen molar-refractivity contribution in [3.63, 3.8) is 0 Å². The summed E-state index contributed by atoms with van der Waals surface area (Å²) in [7, 11) is 0. The van der Waals surface area contributed by atoms with Gasteiger partial charge in [0.15, 0.2) is 0 Å². The minimum atomic E-state index is -1.22. The number of pyridine rings is 2. The van der Waals surface area contributed by atoms with E-state index in [1.807, 2.05) is 0 Å². The number of benzene rings is 1. The van der Waals surface area contributed by atoms with Crippen molar-refractivity contribution >= 4 is 16.7 Å². The first-order valence-corrected chi connectivity index (χ1v) is 6.51. The van der Waals surface area contributed by atoms with Gasteiger partial charge in [-0.15, -0.1) is 0 Å². The number of carbonyl (C=O) groups is 1. The van der Waals surface area contributed by atoms with E-state index < -0.39 is 17.3 Å². The maximum atomic E-state index is 14.1. The Kier molecular flexibility index (Phi) is 3.21. The Morgan fingerprint density at radius 3 is 2.64 bits per heavy atom. The number of carboxylic acids is 1. The molecule has 2 heterocycles. The molecule has 22 heavy (non-hydrogen) atoms. The van der Waals surface area contributed by atoms with Crippen LogP contribution in [0.5, 0.6) is 0 Å². The van der Waals surface area contributed by atoms with Crippen LogP contribution in [0.4, 0.5) is 4.39 Å². The number of hydrogen-bond donors (Lipinski definition) is 1. The van der Waals surface area contributed by atoms with Gasteiger partial charge in [0, 0.05) is 17.3 Å². The van der Waals surface area contributed by atoms with Gasteiger partial charge in [-0.25, -0.2) is 14.2 Å². The Balaban J connectivity index is 2.57. The monoisotopic (exact) mass is 298 g/mol. The van der Waals surface area contributed by atoms with Crippen LogP contribution in [0.25, 0.3) is 16.6 Å². The zero-order chi connectivity index (χ0) is 15.9. The number of aromatic nitrogens is 2. The lowest BCUT2D eigenvalue weighted by atomic mass is 10.0. The lowest BCUT2D eigenvalue weighted by Gasteiger charge is -2.14. The molecule has 5 nitrogen and oxygen atoms in total. The number of hydrogen-bond acceptors (Lipinski definition) is 3. The van der Waals surface area contributed by atoms with Gasteiger partial charge in [0.25, 0.3) is 5.56 Å². The van der Waals surface area contributed by atoms with Crippen LogP contribution in [-0.2, 0) is 0 Å². The molecule has 0 bridgehead atoms. The average Bonchev–Trinajstić information content (AvgIpc) is 2.48. The third-order valence-corrected chi connectivity index (χ3v) is 3.49. The molecule has 0 radical (unpaired) electrons. The molecule has 0 aliphatic rings. The van der Waals surface area contributed by atoms with Gasteiger partial charge in [0.05, 0.1) is 10.9 Å². The highest BCUT2D eigenvalue weighted by molar-refractivity contribution is 6.04. The van der Waals surface area contributed by atoms with E-state index in [0.29, 0.717) is 0 Å². The molecular formula is C16H11FN2O3. The topological polar surface area (TPSA) is 72.2 Å². The Hall–Kier alpha value is -3.02. The molecule has 1 N–H and O–H groups in total. The summed E-state index contributed by atoms with van der Waals surface area (Å²) in [6.45, 7) is 1.50. The summed E-state index contributed by atoms with van der Waals surface area (Å²) in [6.07, 6.45) is 1.48. The second kappa shape index (κ2) is 5.07. The summed E-state index contributed by atoms with van der Waals surface area (Å²) < 4.78 is 15.2. The van der Waals surface area contributed by atoms with Crippen molar-refractivity contribution in [3.05, 3.63) is 70.0 Å². The molecule has 3 aromatic rings. The number of rotatable bonds is 2. The van der Waals surface area contributed by atoms with E-state index >= 15 is 0 Å². The van der Waals surface area contributed by atoms with Crippen LogP contribution < -0.4 is 5.56 Å². The standard InChI is InChI=1S/C16H11FN2O3/c1-9-13(16(21)22)10-5-4-6-11(17)14(10)15(20)19(9)12-7-2-3-8-18-12/h2-8H,1H3,(H,21,22). The molecule has 0 aliphatic carbocycles. The number of aromatic carboxylic acids is 1. The van der Waals surface area contributed by atoms with E-state index in [0.717, 1.165) is 10.6 Å². The summed E-state index contributed by atoms with van der Waals surface area (Å²) in [5.74, 6) is -1.73. The molecule has 3 rings (SSSR count). The van der Waals surface area contributed by atoms with Gasteiger partial charge in [-0.2, -0.15) is 0 Å². The summed E-state index contributed by atoms with van der Waals surface area (Å²) >= 11 is 0. The Labute approximate surface area is 124 Å². The largest absolute Gasteiger partial charge is 0.478 e. The molecule has 0 saturated carbocycles. The third kappa shape index (κ3) is 1.96. The molecule has 0 amide bonds. The number of fused-ring (bicyclic) bond motifs is 1. The Morgan fingerprint density at radius 1 is 1.23 bits per heavy atom. The number of nitrogens with zero attached hydrogens (tertiary/aromatic N) is 2. The van der Waals surface area contributed by atoms with Crippen LogP contribution in [-0.4, -0.2) is 20.6 Å². The second-order valence-corrected chi connectivity index (χ2v) is 4.76. The van der Waals surface area contributed by atoms with Crippen molar-refractivity contribution in [1.29, 1.82) is 0 Å². The highest BCUT2D eigenvalue weighted by atomic mass is 19.1. The van der Waals surface area contributed by atoms with E-state index in [4.69, 9.17) is 0 Å². The van der Waals surface area contributed by atoms with E-state index in [9.17, 15) is 19.1 Å². The lowest BCUT2D eigenvalue weighted by Crippen LogP contribution is -2.25. The number of carboxylic acid groups (broad SMARTS) is 1. The van der Waals surface area contributed by atoms with Crippen LogP contribution in [0.2, 0.25) is 0 Å². The van der Waals surface area contributed by atoms with Crippen molar-refractivity contribution in [2.75, 3.05) is 0 Å². The maximum absolute atomic E-state index is 14.1. The second-order valence-electron chi connectivity index (χ2n) is 4.76. The molecule has 0 atom stereocenters. The zero-order valence-corrected chi connectivity index (χ0v) is 11.6. The van der Waals surface area contributed by atoms with Crippen LogP contribution in [0.15, 0.2) is 47.4 Å². The summed E-state index contributed by atoms with van der Waals surface area (Å²) in [5.41, 5.74) is -0.539. The van der Waals surface area contributed by atoms with E-state index in [1.54, 1.807) is 18.2 Å². The summed E-state index contributed by atoms with van der Waals surface area (Å²) in [5, 5.41) is 9.29. The van der Waals surface area contributed by atoms with Crippen LogP contribution in [0, 0.1) is 12.7 Å². The molecule has 0 spiro atoms. The molecule has 0 aliphatic heterocycles. The minimum absolute atomic E-state index is 0.0854. The van der Waals surface area contributed by atoms with Crippen LogP contribution in [0.3, 0.4) is 0 Å². The van der Waals surface area contributed by atoms with E-state index in [2.05, 4.69) is 4.98 Å². The zero-order valence-electron chi connectivity index (χ0n) is 11.6. The molecule has 1 aromatic carbocycles. The van der Waals surface area contributed by atoms with Gasteiger partial charge < -0.3 is 5.11 Å². The van der Waals surface area contributed by atoms with Crippen molar-refractivity contribution < 1.29 is 14.3 Å². The van der Waals surface area contributed by atoms with Gasteiger partial charge in [-0.05, 0) is 25.1 Å². The quantitative estimate of drug-likeness (QED) is 0.789. The highest BCUT2D eigenvalue weighted by Crippen LogP contribution is 2.23. The van der Waals surface area contributed by atoms with Crippen LogP contribution >= 0.6 is 0 Å². The van der Waals surface area contributed by atoms with Gasteiger partial charge in [0.2, 0.25) is 0 Å². The van der Waals surface area contributed by atoms with Crippen molar-refractivity contribution in [3.8, 4) is 5.82 Å². The molecule has 0 saturated heterocycles. The van der Waals surface area contributed by atoms with Gasteiger partial charge >= 0.3 is 5.97 Å². The molecule has 2 aromatic heterocycles. The number of halogens is 1. The van der Waals surface area contributed by atoms with Crippen molar-refractivity contribution in [2.24, 2.45) is 0 Å². The average molecular weight is 298 g/mol. The van der Waals surface area contributed by atoms with Gasteiger partial charge in [-0.3, -0.25) is 9.36 Å². The maximum Gasteiger partial charge on any atom is 0.338 e. The lowest BCUT2D eigenvalue weighted by molar-refractivity contribution is 0.0697. The molecular weight excluding hydrogens is 287 g/mol. The Morgan fingerprint density at radius 2 is 2.00 bits per heavy atom. The fraction of sp³-hybridized carbons (Fsp3) is 0.0625. The highest BCUT2D eigenvalue weighted by Gasteiger charge is 2.21. The molecule has 6 heteroatoms. The predicted molar refractivity (Wildman–Crippen MR) is 79.0 cm³/mol. The van der Waals surface area contributed by atoms with Gasteiger partial charge in [0.1, 0.15) is 11.6 Å². The molecule has 110 valence electrons. The van der Waals surface area contributed by atoms with E-state index in [1.165, 1.54) is 25.3 Å². The predicted octanol–water partition coefficient (Wildman–Crippen LogP) is 2.53. The first-order valence-electron chi connectivity index (χ1n) is 6.51. The van der Waals surface area contributed by atoms with Crippen molar-refractivity contribution in [2.45, 2.75) is 6.92 Å². The fourth-order valence-corrected chi connectivity index (χ4v) is 2.55. The van der Waals surface area contributed by atoms with Crippen molar-refractivity contribution in [1.82, 2.24) is 9.55 Å². The first-order chi connectivity index (χ1) is 10.5. The first kappa shape index (κ1) is 13.9. The minimum Gasteiger partial charge on any atom is -0.478 e. The SMILES string of the molecule is Cc1c(C(=O)O)c2cccc(F)c2c(=O)n1-c1ccccn1. The van der Waals surface area contributed by atoms with E-state index in [-0.39, 0.29) is 27.8 Å². The molecule has 0 fully saturated rings. The summed E-state index contributed by atoms with van der Waals surface area (Å²) in [6, 6.07) is 8.84. The summed E-state index contributed by atoms with van der Waals surface area (Å²) in [4.78, 5) is 28.3. The fourth-order valence-electron chi connectivity index (χ4n) is 2.55. The molecule has 0 unspecified atom stereocenters. The third-order valence-electron chi connectivity index (χ3n) is 3.49. The smallest absolute Gasteiger partial charge is 0.338 e. The normalized spacial score (nSPS) is 10.8. The van der Waals surface area contributed by atoms with Gasteiger partial charge in [-0.1, -0.05) is 18.2 Å².